The predicted octanol–water partition coefficient (Wildman–Crippen LogP) is 5.56. The summed E-state index contributed by atoms with van der Waals surface area (Å²) >= 11 is 0. The number of hydrogen-bond acceptors (Lipinski definition) is 7. The van der Waals surface area contributed by atoms with Gasteiger partial charge in [0.2, 0.25) is 5.95 Å². The first-order chi connectivity index (χ1) is 18.1. The third-order valence-electron chi connectivity index (χ3n) is 6.79. The molecule has 8 nitrogen and oxygen atoms in total. The van der Waals surface area contributed by atoms with Gasteiger partial charge in [-0.2, -0.15) is 10.1 Å². The van der Waals surface area contributed by atoms with E-state index >= 15 is 0 Å². The fraction of sp³-hybridized carbons (Fsp3) is 0.241. The van der Waals surface area contributed by atoms with Crippen LogP contribution in [0.1, 0.15) is 41.3 Å². The minimum Gasteiger partial charge on any atom is -0.497 e. The topological polar surface area (TPSA) is 79.7 Å². The summed E-state index contributed by atoms with van der Waals surface area (Å²) in [6.07, 6.45) is 1.20. The minimum absolute atomic E-state index is 0.293. The van der Waals surface area contributed by atoms with E-state index in [9.17, 15) is 0 Å². The number of fused-ring (bicyclic) bond motifs is 3. The average Bonchev–Trinajstić information content (AvgIpc) is 3.40. The molecule has 0 saturated heterocycles. The summed E-state index contributed by atoms with van der Waals surface area (Å²) in [5, 5.41) is 8.16. The van der Waals surface area contributed by atoms with Crippen LogP contribution in [0.15, 0.2) is 72.6 Å². The molecular weight excluding hydrogens is 468 g/mol. The number of benzene rings is 3. The lowest BCUT2D eigenvalue weighted by molar-refractivity contribution is 0.222. The summed E-state index contributed by atoms with van der Waals surface area (Å²) in [6, 6.07) is 19.9. The van der Waals surface area contributed by atoms with Crippen molar-refractivity contribution in [2.24, 2.45) is 0 Å². The van der Waals surface area contributed by atoms with Crippen LogP contribution in [0.4, 0.5) is 5.95 Å². The van der Waals surface area contributed by atoms with Crippen LogP contribution in [-0.2, 0) is 0 Å². The van der Waals surface area contributed by atoms with E-state index in [4.69, 9.17) is 18.9 Å². The molecule has 1 N–H and O–H groups in total. The number of hydrogen-bond donors (Lipinski definition) is 1. The molecule has 6 rings (SSSR count). The average molecular weight is 497 g/mol. The molecule has 0 amide bonds. The molecule has 188 valence electrons. The number of aryl methyl sites for hydroxylation is 1. The van der Waals surface area contributed by atoms with Crippen LogP contribution in [0, 0.1) is 6.92 Å². The van der Waals surface area contributed by atoms with Crippen LogP contribution in [0.3, 0.4) is 0 Å². The van der Waals surface area contributed by atoms with Crippen LogP contribution in [0.25, 0.3) is 5.70 Å². The molecule has 0 spiro atoms. The standard InChI is InChI=1S/C29H28N4O4/c1-5-36-23-13-9-19(15-24(23)35-4)27-25-26(32-29-30-16-31-33(27)29)21-14-17(2)6-12-22(21)37-28(25)18-7-10-20(34-3)11-8-18/h6-16,27-28H,5H2,1-4H3,(H,30,31,32)/t27-,28-/m1/s1. The maximum atomic E-state index is 6.72. The van der Waals surface area contributed by atoms with Crippen molar-refractivity contribution in [3.8, 4) is 23.0 Å². The number of nitrogens with zero attached hydrogens (tertiary/aromatic N) is 3. The van der Waals surface area contributed by atoms with Gasteiger partial charge in [0, 0.05) is 11.1 Å². The van der Waals surface area contributed by atoms with Gasteiger partial charge in [-0.15, -0.1) is 0 Å². The van der Waals surface area contributed by atoms with Crippen molar-refractivity contribution in [2.45, 2.75) is 26.0 Å². The van der Waals surface area contributed by atoms with E-state index in [1.807, 2.05) is 54.1 Å². The highest BCUT2D eigenvalue weighted by Gasteiger charge is 2.41. The van der Waals surface area contributed by atoms with Crippen molar-refractivity contribution in [3.63, 3.8) is 0 Å². The van der Waals surface area contributed by atoms with Gasteiger partial charge in [0.25, 0.3) is 0 Å². The minimum atomic E-state index is -0.372. The first-order valence-electron chi connectivity index (χ1n) is 12.2. The largest absolute Gasteiger partial charge is 0.497 e. The molecule has 8 heteroatoms. The van der Waals surface area contributed by atoms with E-state index in [2.05, 4.69) is 40.5 Å². The van der Waals surface area contributed by atoms with Gasteiger partial charge in [-0.1, -0.05) is 29.8 Å². The molecule has 4 aromatic rings. The summed E-state index contributed by atoms with van der Waals surface area (Å²) in [7, 11) is 3.32. The number of aromatic nitrogens is 3. The number of rotatable bonds is 6. The van der Waals surface area contributed by atoms with Crippen molar-refractivity contribution in [1.29, 1.82) is 0 Å². The molecule has 2 aliphatic heterocycles. The van der Waals surface area contributed by atoms with E-state index in [0.29, 0.717) is 24.1 Å². The lowest BCUT2D eigenvalue weighted by Gasteiger charge is -2.39. The molecule has 0 unspecified atom stereocenters. The fourth-order valence-electron chi connectivity index (χ4n) is 5.09. The lowest BCUT2D eigenvalue weighted by atomic mass is 9.84. The Kier molecular flexibility index (Phi) is 5.71. The monoisotopic (exact) mass is 496 g/mol. The summed E-state index contributed by atoms with van der Waals surface area (Å²) in [5.74, 6) is 3.63. The molecular formula is C29H28N4O4. The van der Waals surface area contributed by atoms with Crippen molar-refractivity contribution in [1.82, 2.24) is 14.8 Å². The molecule has 0 aliphatic carbocycles. The third-order valence-corrected chi connectivity index (χ3v) is 6.79. The highest BCUT2D eigenvalue weighted by molar-refractivity contribution is 5.85. The van der Waals surface area contributed by atoms with Gasteiger partial charge in [0.05, 0.1) is 26.5 Å². The lowest BCUT2D eigenvalue weighted by Crippen LogP contribution is -2.32. The number of ether oxygens (including phenoxy) is 4. The second-order valence-corrected chi connectivity index (χ2v) is 9.00. The molecule has 0 bridgehead atoms. The van der Waals surface area contributed by atoms with Gasteiger partial charge in [-0.3, -0.25) is 0 Å². The summed E-state index contributed by atoms with van der Waals surface area (Å²) in [6.45, 7) is 4.59. The smallest absolute Gasteiger partial charge is 0.226 e. The first kappa shape index (κ1) is 23.0. The molecule has 2 atom stereocenters. The van der Waals surface area contributed by atoms with Crippen LogP contribution < -0.4 is 24.3 Å². The zero-order valence-electron chi connectivity index (χ0n) is 21.2. The van der Waals surface area contributed by atoms with Crippen LogP contribution in [-0.4, -0.2) is 35.6 Å². The van der Waals surface area contributed by atoms with Crippen molar-refractivity contribution in [2.75, 3.05) is 26.1 Å². The van der Waals surface area contributed by atoms with Gasteiger partial charge < -0.3 is 24.3 Å². The summed E-state index contributed by atoms with van der Waals surface area (Å²) in [5.41, 5.74) is 6.14. The molecule has 1 aromatic heterocycles. The first-order valence-corrected chi connectivity index (χ1v) is 12.2. The normalized spacial score (nSPS) is 17.6. The van der Waals surface area contributed by atoms with Gasteiger partial charge in [-0.25, -0.2) is 4.68 Å². The van der Waals surface area contributed by atoms with E-state index in [1.165, 1.54) is 0 Å². The van der Waals surface area contributed by atoms with Crippen molar-refractivity contribution < 1.29 is 18.9 Å². The Morgan fingerprint density at radius 3 is 2.51 bits per heavy atom. The fourth-order valence-corrected chi connectivity index (χ4v) is 5.09. The van der Waals surface area contributed by atoms with Crippen molar-refractivity contribution in [3.05, 3.63) is 94.8 Å². The third kappa shape index (κ3) is 3.85. The number of nitrogens with one attached hydrogen (secondary N) is 1. The molecule has 0 fully saturated rings. The Hall–Kier alpha value is -4.46. The maximum Gasteiger partial charge on any atom is 0.226 e. The Bertz CT molecular complexity index is 1490. The van der Waals surface area contributed by atoms with Crippen molar-refractivity contribution >= 4 is 11.6 Å². The zero-order chi connectivity index (χ0) is 25.5. The molecule has 0 saturated carbocycles. The summed E-state index contributed by atoms with van der Waals surface area (Å²) in [4.78, 5) is 4.52. The SMILES string of the molecule is CCOc1ccc([C@@H]2C3=C(Nc4ncnn42)c2cc(C)ccc2O[C@@H]3c2ccc(OC)cc2)cc1OC. The Balaban J connectivity index is 1.59. The Labute approximate surface area is 215 Å². The molecule has 3 aromatic carbocycles. The quantitative estimate of drug-likeness (QED) is 0.374. The van der Waals surface area contributed by atoms with E-state index in [-0.39, 0.29) is 12.1 Å². The summed E-state index contributed by atoms with van der Waals surface area (Å²) < 4.78 is 25.5. The predicted molar refractivity (Wildman–Crippen MR) is 140 cm³/mol. The molecule has 3 heterocycles. The van der Waals surface area contributed by atoms with Gasteiger partial charge in [-0.05, 0) is 61.4 Å². The van der Waals surface area contributed by atoms with Gasteiger partial charge >= 0.3 is 0 Å². The second-order valence-electron chi connectivity index (χ2n) is 9.00. The van der Waals surface area contributed by atoms with E-state index in [1.54, 1.807) is 20.5 Å². The van der Waals surface area contributed by atoms with E-state index in [0.717, 1.165) is 45.0 Å². The molecule has 2 aliphatic rings. The Morgan fingerprint density at radius 1 is 0.946 bits per heavy atom. The molecule has 0 radical (unpaired) electrons. The Morgan fingerprint density at radius 2 is 1.76 bits per heavy atom. The molecule has 37 heavy (non-hydrogen) atoms. The maximum absolute atomic E-state index is 6.72. The highest BCUT2D eigenvalue weighted by atomic mass is 16.5. The van der Waals surface area contributed by atoms with Crippen LogP contribution >= 0.6 is 0 Å². The second kappa shape index (κ2) is 9.20. The number of methoxy groups -OCH3 is 2. The zero-order valence-corrected chi connectivity index (χ0v) is 21.2. The van der Waals surface area contributed by atoms with Gasteiger partial charge in [0.15, 0.2) is 11.5 Å². The van der Waals surface area contributed by atoms with Gasteiger partial charge in [0.1, 0.15) is 30.0 Å². The number of anilines is 1. The van der Waals surface area contributed by atoms with Crippen LogP contribution in [0.5, 0.6) is 23.0 Å². The highest BCUT2D eigenvalue weighted by Crippen LogP contribution is 2.51. The van der Waals surface area contributed by atoms with E-state index < -0.39 is 0 Å². The van der Waals surface area contributed by atoms with Crippen LogP contribution in [0.2, 0.25) is 0 Å².